The van der Waals surface area contributed by atoms with Gasteiger partial charge in [0.2, 0.25) is 0 Å². The summed E-state index contributed by atoms with van der Waals surface area (Å²) in [6.07, 6.45) is 6.26. The van der Waals surface area contributed by atoms with Gasteiger partial charge in [0.25, 0.3) is 0 Å². The van der Waals surface area contributed by atoms with Crippen molar-refractivity contribution in [1.29, 1.82) is 0 Å². The molecule has 0 spiro atoms. The van der Waals surface area contributed by atoms with Crippen molar-refractivity contribution in [2.75, 3.05) is 0 Å². The monoisotopic (exact) mass is 280 g/mol. The van der Waals surface area contributed by atoms with Gasteiger partial charge >= 0.3 is 0 Å². The molecule has 2 heterocycles. The molecule has 1 nitrogen and oxygen atoms in total. The van der Waals surface area contributed by atoms with Crippen molar-refractivity contribution in [3.05, 3.63) is 35.1 Å². The van der Waals surface area contributed by atoms with Gasteiger partial charge in [-0.1, -0.05) is 12.5 Å². The van der Waals surface area contributed by atoms with E-state index in [-0.39, 0.29) is 5.82 Å². The molecule has 19 heavy (non-hydrogen) atoms. The highest BCUT2D eigenvalue weighted by atomic mass is 32.2. The second-order valence-electron chi connectivity index (χ2n) is 6.19. The number of fused-ring (bicyclic) bond motifs is 2. The highest BCUT2D eigenvalue weighted by molar-refractivity contribution is 8.00. The van der Waals surface area contributed by atoms with Gasteiger partial charge in [-0.25, -0.2) is 4.39 Å². The van der Waals surface area contributed by atoms with Gasteiger partial charge in [0.1, 0.15) is 5.82 Å². The molecular formula is C16H21FOS. The number of rotatable bonds is 2. The Morgan fingerprint density at radius 2 is 2.00 bits per heavy atom. The van der Waals surface area contributed by atoms with Crippen LogP contribution in [0.15, 0.2) is 18.2 Å². The first kappa shape index (κ1) is 13.4. The van der Waals surface area contributed by atoms with Crippen LogP contribution in [-0.4, -0.2) is 21.2 Å². The third-order valence-electron chi connectivity index (χ3n) is 4.48. The molecule has 2 aliphatic rings. The van der Waals surface area contributed by atoms with Crippen LogP contribution in [0.4, 0.5) is 4.39 Å². The summed E-state index contributed by atoms with van der Waals surface area (Å²) < 4.78 is 13.1. The topological polar surface area (TPSA) is 20.2 Å². The zero-order chi connectivity index (χ0) is 13.5. The predicted octanol–water partition coefficient (Wildman–Crippen LogP) is 3.86. The number of hydrogen-bond donors (Lipinski definition) is 1. The van der Waals surface area contributed by atoms with E-state index in [0.717, 1.165) is 24.0 Å². The average molecular weight is 280 g/mol. The number of halogens is 1. The fourth-order valence-corrected chi connectivity index (χ4v) is 5.53. The van der Waals surface area contributed by atoms with Gasteiger partial charge < -0.3 is 5.11 Å². The van der Waals surface area contributed by atoms with Crippen molar-refractivity contribution < 1.29 is 9.50 Å². The van der Waals surface area contributed by atoms with Crippen LogP contribution < -0.4 is 0 Å². The molecule has 3 heteroatoms. The van der Waals surface area contributed by atoms with E-state index in [1.165, 1.54) is 25.3 Å². The van der Waals surface area contributed by atoms with Crippen LogP contribution in [0.5, 0.6) is 0 Å². The number of benzene rings is 1. The molecule has 1 aromatic rings. The Morgan fingerprint density at radius 1 is 1.32 bits per heavy atom. The second kappa shape index (κ2) is 5.10. The quantitative estimate of drug-likeness (QED) is 0.888. The van der Waals surface area contributed by atoms with Crippen LogP contribution in [0.1, 0.15) is 43.2 Å². The summed E-state index contributed by atoms with van der Waals surface area (Å²) in [6, 6.07) is 4.90. The van der Waals surface area contributed by atoms with E-state index >= 15 is 0 Å². The Bertz CT molecular complexity index is 462. The van der Waals surface area contributed by atoms with Crippen LogP contribution in [-0.2, 0) is 6.42 Å². The van der Waals surface area contributed by atoms with E-state index in [9.17, 15) is 9.50 Å². The minimum atomic E-state index is -0.580. The standard InChI is InChI=1S/C16H21FOS/c1-11-7-13(17)6-5-12(11)8-16(18)9-14-3-2-4-15(10-16)19-14/h5-7,14-15,18H,2-4,8-10H2,1H3. The van der Waals surface area contributed by atoms with E-state index in [1.54, 1.807) is 6.07 Å². The van der Waals surface area contributed by atoms with E-state index in [2.05, 4.69) is 11.8 Å². The first-order chi connectivity index (χ1) is 9.04. The third-order valence-corrected chi connectivity index (χ3v) is 6.05. The number of hydrogen-bond acceptors (Lipinski definition) is 2. The van der Waals surface area contributed by atoms with Crippen molar-refractivity contribution in [1.82, 2.24) is 0 Å². The summed E-state index contributed by atoms with van der Waals surface area (Å²) in [5, 5.41) is 12.2. The van der Waals surface area contributed by atoms with Crippen molar-refractivity contribution >= 4 is 11.8 Å². The van der Waals surface area contributed by atoms with Gasteiger partial charge in [0.05, 0.1) is 5.60 Å². The Kier molecular flexibility index (Phi) is 3.61. The summed E-state index contributed by atoms with van der Waals surface area (Å²) in [7, 11) is 0. The van der Waals surface area contributed by atoms with Gasteiger partial charge in [-0.15, -0.1) is 0 Å². The zero-order valence-electron chi connectivity index (χ0n) is 11.4. The lowest BCUT2D eigenvalue weighted by Crippen LogP contribution is -2.44. The molecule has 2 fully saturated rings. The molecule has 0 radical (unpaired) electrons. The molecule has 2 atom stereocenters. The number of aryl methyl sites for hydroxylation is 1. The van der Waals surface area contributed by atoms with Gasteiger partial charge in [-0.2, -0.15) is 11.8 Å². The molecule has 0 aliphatic carbocycles. The molecule has 3 rings (SSSR count). The molecular weight excluding hydrogens is 259 g/mol. The third kappa shape index (κ3) is 2.97. The maximum atomic E-state index is 13.1. The van der Waals surface area contributed by atoms with Gasteiger partial charge in [-0.3, -0.25) is 0 Å². The SMILES string of the molecule is Cc1cc(F)ccc1CC1(O)CC2CCCC(C1)S2. The summed E-state index contributed by atoms with van der Waals surface area (Å²) in [5.74, 6) is -0.190. The lowest BCUT2D eigenvalue weighted by molar-refractivity contribution is 0.0128. The number of aliphatic hydroxyl groups is 1. The Morgan fingerprint density at radius 3 is 2.63 bits per heavy atom. The minimum Gasteiger partial charge on any atom is -0.389 e. The molecule has 2 saturated heterocycles. The lowest BCUT2D eigenvalue weighted by atomic mass is 9.80. The van der Waals surface area contributed by atoms with E-state index in [1.807, 2.05) is 13.0 Å². The maximum Gasteiger partial charge on any atom is 0.123 e. The van der Waals surface area contributed by atoms with Crippen molar-refractivity contribution in [2.24, 2.45) is 0 Å². The van der Waals surface area contributed by atoms with E-state index in [4.69, 9.17) is 0 Å². The normalized spacial score (nSPS) is 34.3. The second-order valence-corrected chi connectivity index (χ2v) is 7.80. The van der Waals surface area contributed by atoms with E-state index < -0.39 is 5.60 Å². The van der Waals surface area contributed by atoms with E-state index in [0.29, 0.717) is 16.9 Å². The Labute approximate surface area is 118 Å². The van der Waals surface area contributed by atoms with Crippen LogP contribution in [0, 0.1) is 12.7 Å². The highest BCUT2D eigenvalue weighted by Gasteiger charge is 2.41. The fourth-order valence-electron chi connectivity index (χ4n) is 3.57. The van der Waals surface area contributed by atoms with Gasteiger partial charge in [-0.05, 0) is 55.9 Å². The Hall–Kier alpha value is -0.540. The first-order valence-corrected chi connectivity index (χ1v) is 8.11. The van der Waals surface area contributed by atoms with Gasteiger partial charge in [0, 0.05) is 16.9 Å². The summed E-state index contributed by atoms with van der Waals surface area (Å²) in [6.45, 7) is 1.93. The molecule has 1 aromatic carbocycles. The summed E-state index contributed by atoms with van der Waals surface area (Å²) >= 11 is 2.07. The maximum absolute atomic E-state index is 13.1. The average Bonchev–Trinajstić information content (AvgIpc) is 2.32. The molecule has 0 amide bonds. The van der Waals surface area contributed by atoms with Crippen molar-refractivity contribution in [3.8, 4) is 0 Å². The van der Waals surface area contributed by atoms with Crippen LogP contribution in [0.3, 0.4) is 0 Å². The lowest BCUT2D eigenvalue weighted by Gasteiger charge is -2.44. The molecule has 0 aromatic heterocycles. The molecule has 2 aliphatic heterocycles. The van der Waals surface area contributed by atoms with Crippen molar-refractivity contribution in [2.45, 2.75) is 61.5 Å². The van der Waals surface area contributed by atoms with Gasteiger partial charge in [0.15, 0.2) is 0 Å². The number of thioether (sulfide) groups is 1. The molecule has 0 saturated carbocycles. The summed E-state index contributed by atoms with van der Waals surface area (Å²) in [4.78, 5) is 0. The molecule has 1 N–H and O–H groups in total. The van der Waals surface area contributed by atoms with Crippen LogP contribution in [0.25, 0.3) is 0 Å². The minimum absolute atomic E-state index is 0.190. The fraction of sp³-hybridized carbons (Fsp3) is 0.625. The smallest absolute Gasteiger partial charge is 0.123 e. The highest BCUT2D eigenvalue weighted by Crippen LogP contribution is 2.46. The first-order valence-electron chi connectivity index (χ1n) is 7.17. The zero-order valence-corrected chi connectivity index (χ0v) is 12.2. The largest absolute Gasteiger partial charge is 0.389 e. The Balaban J connectivity index is 1.77. The van der Waals surface area contributed by atoms with Crippen LogP contribution in [0.2, 0.25) is 0 Å². The predicted molar refractivity (Wildman–Crippen MR) is 78.0 cm³/mol. The molecule has 2 bridgehead atoms. The molecule has 104 valence electrons. The summed E-state index contributed by atoms with van der Waals surface area (Å²) in [5.41, 5.74) is 1.47. The molecule has 2 unspecified atom stereocenters. The van der Waals surface area contributed by atoms with Crippen LogP contribution >= 0.6 is 11.8 Å². The van der Waals surface area contributed by atoms with Crippen molar-refractivity contribution in [3.63, 3.8) is 0 Å².